The molecular weight excluding hydrogens is 325 g/mol. The third-order valence-electron chi connectivity index (χ3n) is 2.29. The number of alkyl halides is 5. The first kappa shape index (κ1) is 15.7. The molecule has 1 nitrogen and oxygen atoms in total. The number of hydrogen-bond donors (Lipinski definition) is 1. The van der Waals surface area contributed by atoms with Gasteiger partial charge >= 0.3 is 0 Å². The first-order valence-corrected chi connectivity index (χ1v) is 6.63. The molecule has 0 bridgehead atoms. The summed E-state index contributed by atoms with van der Waals surface area (Å²) in [6, 6.07) is 6.68. The fourth-order valence-corrected chi connectivity index (χ4v) is 1.82. The number of benzene rings is 1. The van der Waals surface area contributed by atoms with Gasteiger partial charge in [0.15, 0.2) is 4.33 Å². The van der Waals surface area contributed by atoms with Crippen molar-refractivity contribution in [2.24, 2.45) is 0 Å². The number of hydrogen-bond acceptors (Lipinski definition) is 1. The Morgan fingerprint density at radius 2 is 1.41 bits per heavy atom. The third-order valence-corrected chi connectivity index (χ3v) is 4.72. The van der Waals surface area contributed by atoms with Gasteiger partial charge in [-0.05, 0) is 31.0 Å². The summed E-state index contributed by atoms with van der Waals surface area (Å²) in [4.78, 5) is 0. The molecule has 1 N–H and O–H groups in total. The summed E-state index contributed by atoms with van der Waals surface area (Å²) in [6.07, 6.45) is 0. The van der Waals surface area contributed by atoms with E-state index in [1.54, 1.807) is 38.1 Å². The van der Waals surface area contributed by atoms with E-state index in [1.807, 2.05) is 0 Å². The van der Waals surface area contributed by atoms with Crippen LogP contribution in [0.2, 0.25) is 0 Å². The van der Waals surface area contributed by atoms with Gasteiger partial charge in [-0.15, -0.1) is 0 Å². The molecule has 0 spiro atoms. The monoisotopic (exact) mass is 334 g/mol. The fourth-order valence-electron chi connectivity index (χ4n) is 1.26. The molecular formula is C11H11Cl5O. The van der Waals surface area contributed by atoms with Gasteiger partial charge in [-0.2, -0.15) is 0 Å². The molecule has 0 saturated carbocycles. The zero-order chi connectivity index (χ0) is 13.5. The van der Waals surface area contributed by atoms with E-state index in [-0.39, 0.29) is 0 Å². The predicted molar refractivity (Wildman–Crippen MR) is 75.4 cm³/mol. The summed E-state index contributed by atoms with van der Waals surface area (Å²) in [5.41, 5.74) is 0.0309. The highest BCUT2D eigenvalue weighted by atomic mass is 35.6. The summed E-state index contributed by atoms with van der Waals surface area (Å²) < 4.78 is -3.55. The van der Waals surface area contributed by atoms with Crippen LogP contribution in [0, 0.1) is 0 Å². The van der Waals surface area contributed by atoms with Gasteiger partial charge in [0.1, 0.15) is 0 Å². The molecule has 0 fully saturated rings. The minimum atomic E-state index is -1.87. The molecule has 0 heterocycles. The second kappa shape index (κ2) is 4.96. The van der Waals surface area contributed by atoms with Crippen molar-refractivity contribution in [2.45, 2.75) is 27.6 Å². The Balaban J connectivity index is 3.26. The van der Waals surface area contributed by atoms with Crippen molar-refractivity contribution < 1.29 is 5.11 Å². The van der Waals surface area contributed by atoms with Crippen molar-refractivity contribution in [3.8, 4) is 0 Å². The lowest BCUT2D eigenvalue weighted by atomic mass is 9.96. The quantitative estimate of drug-likeness (QED) is 0.761. The van der Waals surface area contributed by atoms with Crippen molar-refractivity contribution in [1.82, 2.24) is 0 Å². The van der Waals surface area contributed by atoms with E-state index < -0.39 is 13.7 Å². The van der Waals surface area contributed by atoms with Crippen LogP contribution in [0.4, 0.5) is 0 Å². The maximum atomic E-state index is 9.90. The molecule has 1 aromatic carbocycles. The average molecular weight is 336 g/mol. The minimum Gasteiger partial charge on any atom is -0.386 e. The SMILES string of the molecule is CC(C)(O)c1cccc(C(Cl)(Cl)C(Cl)(Cl)Cl)c1. The number of rotatable bonds is 2. The molecule has 17 heavy (non-hydrogen) atoms. The van der Waals surface area contributed by atoms with Crippen molar-refractivity contribution in [3.63, 3.8) is 0 Å². The molecule has 0 unspecified atom stereocenters. The highest BCUT2D eigenvalue weighted by Gasteiger charge is 2.47. The maximum absolute atomic E-state index is 9.90. The molecule has 0 aliphatic heterocycles. The minimum absolute atomic E-state index is 0.417. The Labute approximate surface area is 126 Å². The van der Waals surface area contributed by atoms with Crippen LogP contribution >= 0.6 is 58.0 Å². The Morgan fingerprint density at radius 3 is 1.82 bits per heavy atom. The summed E-state index contributed by atoms with van der Waals surface area (Å²) >= 11 is 29.3. The normalized spacial score (nSPS) is 13.9. The highest BCUT2D eigenvalue weighted by molar-refractivity contribution is 6.75. The smallest absolute Gasteiger partial charge is 0.227 e. The van der Waals surface area contributed by atoms with E-state index in [0.29, 0.717) is 11.1 Å². The van der Waals surface area contributed by atoms with E-state index >= 15 is 0 Å². The van der Waals surface area contributed by atoms with Gasteiger partial charge in [-0.3, -0.25) is 0 Å². The second-order valence-electron chi connectivity index (χ2n) is 4.21. The van der Waals surface area contributed by atoms with Gasteiger partial charge in [-0.25, -0.2) is 0 Å². The van der Waals surface area contributed by atoms with E-state index in [4.69, 9.17) is 58.0 Å². The summed E-state index contributed by atoms with van der Waals surface area (Å²) in [5.74, 6) is 0. The lowest BCUT2D eigenvalue weighted by Gasteiger charge is -2.29. The van der Waals surface area contributed by atoms with E-state index in [0.717, 1.165) is 0 Å². The molecule has 96 valence electrons. The molecule has 0 aliphatic rings. The van der Waals surface area contributed by atoms with Gasteiger partial charge in [0.25, 0.3) is 0 Å². The molecule has 0 saturated heterocycles. The van der Waals surface area contributed by atoms with E-state index in [2.05, 4.69) is 0 Å². The fraction of sp³-hybridized carbons (Fsp3) is 0.455. The molecule has 6 heteroatoms. The zero-order valence-electron chi connectivity index (χ0n) is 9.15. The standard InChI is InChI=1S/C11H11Cl5O/c1-9(2,17)7-4-3-5-8(6-7)10(12,13)11(14,15)16/h3-6,17H,1-2H3. The van der Waals surface area contributed by atoms with Crippen LogP contribution in [0.25, 0.3) is 0 Å². The molecule has 1 rings (SSSR count). The average Bonchev–Trinajstić information content (AvgIpc) is 2.15. The first-order chi connectivity index (χ1) is 7.46. The Hall–Kier alpha value is 0.630. The van der Waals surface area contributed by atoms with Crippen molar-refractivity contribution in [1.29, 1.82) is 0 Å². The van der Waals surface area contributed by atoms with Gasteiger partial charge < -0.3 is 5.11 Å². The Morgan fingerprint density at radius 1 is 0.941 bits per heavy atom. The predicted octanol–water partition coefficient (Wildman–Crippen LogP) is 4.91. The van der Waals surface area contributed by atoms with Crippen LogP contribution in [-0.4, -0.2) is 8.90 Å². The zero-order valence-corrected chi connectivity index (χ0v) is 12.9. The first-order valence-electron chi connectivity index (χ1n) is 4.74. The van der Waals surface area contributed by atoms with Gasteiger partial charge in [0.05, 0.1) is 5.60 Å². The topological polar surface area (TPSA) is 20.2 Å². The van der Waals surface area contributed by atoms with Crippen LogP contribution in [0.1, 0.15) is 25.0 Å². The van der Waals surface area contributed by atoms with Gasteiger partial charge in [0, 0.05) is 0 Å². The maximum Gasteiger partial charge on any atom is 0.227 e. The van der Waals surface area contributed by atoms with E-state index in [1.165, 1.54) is 0 Å². The van der Waals surface area contributed by atoms with Crippen LogP contribution in [0.5, 0.6) is 0 Å². The van der Waals surface area contributed by atoms with Crippen molar-refractivity contribution in [3.05, 3.63) is 35.4 Å². The van der Waals surface area contributed by atoms with Crippen LogP contribution < -0.4 is 0 Å². The molecule has 0 aliphatic carbocycles. The molecule has 0 amide bonds. The largest absolute Gasteiger partial charge is 0.386 e. The van der Waals surface area contributed by atoms with Crippen molar-refractivity contribution >= 4 is 58.0 Å². The summed E-state index contributed by atoms with van der Waals surface area (Å²) in [5, 5.41) is 9.90. The highest BCUT2D eigenvalue weighted by Crippen LogP contribution is 2.53. The summed E-state index contributed by atoms with van der Waals surface area (Å²) in [7, 11) is 0. The third kappa shape index (κ3) is 3.56. The summed E-state index contributed by atoms with van der Waals surface area (Å²) in [6.45, 7) is 3.29. The van der Waals surface area contributed by atoms with Crippen LogP contribution in [-0.2, 0) is 9.93 Å². The molecule has 1 aromatic rings. The Kier molecular flexibility index (Phi) is 4.57. The lowest BCUT2D eigenvalue weighted by Crippen LogP contribution is -2.29. The van der Waals surface area contributed by atoms with Gasteiger partial charge in [0.2, 0.25) is 3.79 Å². The van der Waals surface area contributed by atoms with Crippen LogP contribution in [0.15, 0.2) is 24.3 Å². The molecule has 0 aromatic heterocycles. The van der Waals surface area contributed by atoms with Crippen LogP contribution in [0.3, 0.4) is 0 Å². The number of aliphatic hydroxyl groups is 1. The lowest BCUT2D eigenvalue weighted by molar-refractivity contribution is 0.0785. The van der Waals surface area contributed by atoms with E-state index in [9.17, 15) is 5.11 Å². The Bertz CT molecular complexity index is 403. The molecule has 0 radical (unpaired) electrons. The molecule has 0 atom stereocenters. The van der Waals surface area contributed by atoms with Crippen molar-refractivity contribution in [2.75, 3.05) is 0 Å². The second-order valence-corrected chi connectivity index (χ2v) is 7.82. The number of halogens is 5. The van der Waals surface area contributed by atoms with Gasteiger partial charge in [-0.1, -0.05) is 76.2 Å².